The molecule has 0 aromatic carbocycles. The minimum atomic E-state index is -4.89. The Hall–Kier alpha value is -4.11. The Balaban J connectivity index is 1.78. The Labute approximate surface area is 206 Å². The topological polar surface area (TPSA) is 112 Å². The van der Waals surface area contributed by atoms with Gasteiger partial charge < -0.3 is 14.0 Å². The lowest BCUT2D eigenvalue weighted by Crippen LogP contribution is -2.26. The van der Waals surface area contributed by atoms with Gasteiger partial charge in [0.2, 0.25) is 5.75 Å². The maximum atomic E-state index is 13.7. The highest BCUT2D eigenvalue weighted by Crippen LogP contribution is 2.36. The van der Waals surface area contributed by atoms with Crippen LogP contribution >= 0.6 is 11.6 Å². The van der Waals surface area contributed by atoms with Crippen LogP contribution in [0.3, 0.4) is 0 Å². The van der Waals surface area contributed by atoms with Crippen molar-refractivity contribution in [2.45, 2.75) is 31.4 Å². The first-order chi connectivity index (χ1) is 17.1. The number of nitrogens with zero attached hydrogens (tertiary/aromatic N) is 5. The minimum Gasteiger partial charge on any atom is -0.455 e. The molecule has 1 atom stereocenters. The summed E-state index contributed by atoms with van der Waals surface area (Å²) in [6, 6.07) is 5.76. The molecule has 0 aliphatic heterocycles. The summed E-state index contributed by atoms with van der Waals surface area (Å²) < 4.78 is 53.4. The number of allylic oxidation sites excluding steroid dienone is 4. The number of hydrogen-bond acceptors (Lipinski definition) is 7. The zero-order valence-electron chi connectivity index (χ0n) is 18.6. The summed E-state index contributed by atoms with van der Waals surface area (Å²) in [5.74, 6) is -1.03. The lowest BCUT2D eigenvalue weighted by atomic mass is 10.1. The van der Waals surface area contributed by atoms with Crippen molar-refractivity contribution < 1.29 is 27.4 Å². The third-order valence-electron chi connectivity index (χ3n) is 5.14. The molecule has 13 heteroatoms. The van der Waals surface area contributed by atoms with Crippen LogP contribution in [0.1, 0.15) is 24.6 Å². The third kappa shape index (κ3) is 4.96. The van der Waals surface area contributed by atoms with E-state index in [1.807, 2.05) is 6.07 Å². The molecule has 0 bridgehead atoms. The fraction of sp³-hybridized carbons (Fsp3) is 0.261. The number of carbonyl (C=O) groups is 1. The normalized spacial score (nSPS) is 15.7. The fourth-order valence-corrected chi connectivity index (χ4v) is 3.89. The molecule has 0 saturated carbocycles. The van der Waals surface area contributed by atoms with E-state index in [4.69, 9.17) is 26.3 Å². The number of hydrogen-bond donors (Lipinski definition) is 0. The van der Waals surface area contributed by atoms with Crippen LogP contribution in [0.2, 0.25) is 0 Å². The van der Waals surface area contributed by atoms with Crippen LogP contribution < -0.4 is 10.3 Å². The first-order valence-electron chi connectivity index (χ1n) is 10.6. The maximum Gasteiger partial charge on any atom is 0.436 e. The number of ether oxygens (including phenoxy) is 2. The molecule has 0 N–H and O–H groups in total. The molecule has 0 fully saturated rings. The van der Waals surface area contributed by atoms with Gasteiger partial charge in [-0.3, -0.25) is 4.79 Å². The molecule has 186 valence electrons. The van der Waals surface area contributed by atoms with Crippen LogP contribution in [-0.2, 0) is 17.5 Å². The zero-order valence-corrected chi connectivity index (χ0v) is 19.4. The molecule has 0 radical (unpaired) electrons. The maximum absolute atomic E-state index is 13.7. The van der Waals surface area contributed by atoms with E-state index in [1.54, 1.807) is 19.1 Å². The SMILES string of the molecule is CCOC(=O)n1nc(Cn2ccc(C(F)(F)F)c(OC3=CC(C#N)=CC(Cl)C3)c2=O)c2cccnc21. The van der Waals surface area contributed by atoms with Crippen molar-refractivity contribution >= 4 is 28.7 Å². The molecule has 3 heterocycles. The summed E-state index contributed by atoms with van der Waals surface area (Å²) >= 11 is 6.06. The molecule has 0 saturated heterocycles. The van der Waals surface area contributed by atoms with Gasteiger partial charge in [-0.05, 0) is 37.3 Å². The van der Waals surface area contributed by atoms with E-state index in [-0.39, 0.29) is 42.2 Å². The van der Waals surface area contributed by atoms with Crippen LogP contribution in [0.25, 0.3) is 11.0 Å². The van der Waals surface area contributed by atoms with Gasteiger partial charge in [0, 0.05) is 24.2 Å². The highest BCUT2D eigenvalue weighted by molar-refractivity contribution is 6.22. The molecule has 3 aromatic heterocycles. The molecule has 0 amide bonds. The quantitative estimate of drug-likeness (QED) is 0.459. The lowest BCUT2D eigenvalue weighted by molar-refractivity contribution is -0.138. The molecule has 0 spiro atoms. The summed E-state index contributed by atoms with van der Waals surface area (Å²) in [5.41, 5.74) is -1.91. The molecule has 9 nitrogen and oxygen atoms in total. The van der Waals surface area contributed by atoms with Crippen LogP contribution in [0.4, 0.5) is 18.0 Å². The Morgan fingerprint density at radius 2 is 2.14 bits per heavy atom. The van der Waals surface area contributed by atoms with Crippen LogP contribution in [0.15, 0.2) is 58.9 Å². The predicted octanol–water partition coefficient (Wildman–Crippen LogP) is 4.39. The van der Waals surface area contributed by atoms with Crippen molar-refractivity contribution in [1.29, 1.82) is 5.26 Å². The first-order valence-corrected chi connectivity index (χ1v) is 11.0. The second-order valence-corrected chi connectivity index (χ2v) is 8.15. The molecular formula is C23H17ClF3N5O4. The third-order valence-corrected chi connectivity index (χ3v) is 5.42. The molecule has 1 aliphatic rings. The standard InChI is InChI=1S/C23H17ClF3N5O4/c1-2-35-22(34)32-20-16(4-3-6-29-20)18(30-32)12-31-7-5-17(23(25,26)27)19(21(31)33)36-15-9-13(11-28)8-14(24)10-15/h3-9,14H,2,10,12H2,1H3. The molecule has 36 heavy (non-hydrogen) atoms. The first kappa shape index (κ1) is 25.0. The largest absolute Gasteiger partial charge is 0.455 e. The van der Waals surface area contributed by atoms with E-state index in [1.165, 1.54) is 18.3 Å². The number of rotatable bonds is 5. The number of alkyl halides is 4. The van der Waals surface area contributed by atoms with Gasteiger partial charge in [0.25, 0.3) is 5.56 Å². The fourth-order valence-electron chi connectivity index (χ4n) is 3.60. The van der Waals surface area contributed by atoms with Crippen molar-refractivity contribution in [1.82, 2.24) is 19.3 Å². The van der Waals surface area contributed by atoms with Crippen molar-refractivity contribution in [3.05, 3.63) is 75.7 Å². The molecule has 3 aromatic rings. The van der Waals surface area contributed by atoms with E-state index < -0.39 is 34.5 Å². The van der Waals surface area contributed by atoms with E-state index in [2.05, 4.69) is 10.1 Å². The van der Waals surface area contributed by atoms with Crippen LogP contribution in [0, 0.1) is 11.3 Å². The van der Waals surface area contributed by atoms with Gasteiger partial charge in [-0.1, -0.05) is 0 Å². The van der Waals surface area contributed by atoms with Gasteiger partial charge in [-0.15, -0.1) is 16.3 Å². The number of aromatic nitrogens is 4. The van der Waals surface area contributed by atoms with E-state index in [0.29, 0.717) is 11.5 Å². The minimum absolute atomic E-state index is 0.0153. The van der Waals surface area contributed by atoms with Crippen LogP contribution in [0.5, 0.6) is 5.75 Å². The second-order valence-electron chi connectivity index (χ2n) is 7.59. The number of pyridine rings is 2. The van der Waals surface area contributed by atoms with Gasteiger partial charge in [-0.2, -0.15) is 23.5 Å². The summed E-state index contributed by atoms with van der Waals surface area (Å²) in [4.78, 5) is 29.6. The number of halogens is 4. The van der Waals surface area contributed by atoms with Crippen LogP contribution in [-0.4, -0.2) is 37.4 Å². The van der Waals surface area contributed by atoms with Gasteiger partial charge in [0.05, 0.1) is 35.9 Å². The Morgan fingerprint density at radius 3 is 2.83 bits per heavy atom. The van der Waals surface area contributed by atoms with E-state index in [9.17, 15) is 22.8 Å². The summed E-state index contributed by atoms with van der Waals surface area (Å²) in [6.07, 6.45) is -0.637. The van der Waals surface area contributed by atoms with E-state index >= 15 is 0 Å². The van der Waals surface area contributed by atoms with Gasteiger partial charge in [0.15, 0.2) is 5.65 Å². The second kappa shape index (κ2) is 9.87. The lowest BCUT2D eigenvalue weighted by Gasteiger charge is -2.19. The molecule has 4 rings (SSSR count). The molecule has 1 aliphatic carbocycles. The number of fused-ring (bicyclic) bond motifs is 1. The predicted molar refractivity (Wildman–Crippen MR) is 121 cm³/mol. The number of carbonyl (C=O) groups excluding carboxylic acids is 1. The average Bonchev–Trinajstić information content (AvgIpc) is 3.19. The Kier molecular flexibility index (Phi) is 6.85. The summed E-state index contributed by atoms with van der Waals surface area (Å²) in [7, 11) is 0. The summed E-state index contributed by atoms with van der Waals surface area (Å²) in [6.45, 7) is 1.41. The zero-order chi connectivity index (χ0) is 26.0. The number of nitriles is 1. The highest BCUT2D eigenvalue weighted by Gasteiger charge is 2.37. The van der Waals surface area contributed by atoms with Crippen molar-refractivity contribution in [3.8, 4) is 11.8 Å². The van der Waals surface area contributed by atoms with Crippen molar-refractivity contribution in [2.75, 3.05) is 6.61 Å². The smallest absolute Gasteiger partial charge is 0.436 e. The van der Waals surface area contributed by atoms with E-state index in [0.717, 1.165) is 15.4 Å². The van der Waals surface area contributed by atoms with Crippen molar-refractivity contribution in [2.24, 2.45) is 0 Å². The molecule has 1 unspecified atom stereocenters. The van der Waals surface area contributed by atoms with Gasteiger partial charge in [0.1, 0.15) is 11.3 Å². The monoisotopic (exact) mass is 519 g/mol. The average molecular weight is 520 g/mol. The Bertz CT molecular complexity index is 1500. The van der Waals surface area contributed by atoms with Gasteiger partial charge in [-0.25, -0.2) is 9.78 Å². The molecular weight excluding hydrogens is 503 g/mol. The van der Waals surface area contributed by atoms with Gasteiger partial charge >= 0.3 is 12.3 Å². The Morgan fingerprint density at radius 1 is 1.36 bits per heavy atom. The van der Waals surface area contributed by atoms with Crippen molar-refractivity contribution in [3.63, 3.8) is 0 Å². The summed E-state index contributed by atoms with van der Waals surface area (Å²) in [5, 5.41) is 13.0. The highest BCUT2D eigenvalue weighted by atomic mass is 35.5.